The van der Waals surface area contributed by atoms with Crippen molar-refractivity contribution in [3.05, 3.63) is 69.5 Å². The molecule has 24 heavy (non-hydrogen) atoms. The predicted molar refractivity (Wildman–Crippen MR) is 87.0 cm³/mol. The fourth-order valence-corrected chi connectivity index (χ4v) is 1.87. The molecule has 7 heteroatoms. The van der Waals surface area contributed by atoms with Crippen molar-refractivity contribution in [3.8, 4) is 5.75 Å². The van der Waals surface area contributed by atoms with Crippen molar-refractivity contribution < 1.29 is 24.3 Å². The van der Waals surface area contributed by atoms with Crippen LogP contribution >= 0.6 is 0 Å². The summed E-state index contributed by atoms with van der Waals surface area (Å²) < 4.78 is 19.0. The van der Waals surface area contributed by atoms with E-state index in [0.717, 1.165) is 11.6 Å². The number of hydrogen-bond acceptors (Lipinski definition) is 5. The average molecular weight is 333 g/mol. The molecule has 2 rings (SSSR count). The van der Waals surface area contributed by atoms with Crippen molar-refractivity contribution in [1.82, 2.24) is 0 Å². The zero-order valence-electron chi connectivity index (χ0n) is 12.6. The summed E-state index contributed by atoms with van der Waals surface area (Å²) in [7, 11) is 0. The van der Waals surface area contributed by atoms with Gasteiger partial charge in [-0.3, -0.25) is 10.1 Å². The Morgan fingerprint density at radius 3 is 2.50 bits per heavy atom. The van der Waals surface area contributed by atoms with Gasteiger partial charge in [0.25, 0.3) is 5.69 Å². The minimum atomic E-state index is -0.935. The molecule has 2 aromatic carbocycles. The van der Waals surface area contributed by atoms with Gasteiger partial charge in [-0.15, -0.1) is 0 Å². The van der Waals surface area contributed by atoms with E-state index in [2.05, 4.69) is 0 Å². The third-order valence-corrected chi connectivity index (χ3v) is 3.18. The Labute approximate surface area is 137 Å². The van der Waals surface area contributed by atoms with Crippen LogP contribution in [0.4, 0.5) is 10.1 Å². The number of aliphatic hydroxyl groups is 2. The third kappa shape index (κ3) is 4.87. The summed E-state index contributed by atoms with van der Waals surface area (Å²) in [6.45, 7) is -0.388. The number of halogens is 1. The first-order valence-corrected chi connectivity index (χ1v) is 7.13. The van der Waals surface area contributed by atoms with Crippen LogP contribution in [0.3, 0.4) is 0 Å². The van der Waals surface area contributed by atoms with Crippen LogP contribution in [0, 0.1) is 15.9 Å². The summed E-state index contributed by atoms with van der Waals surface area (Å²) in [5.41, 5.74) is 0.728. The lowest BCUT2D eigenvalue weighted by molar-refractivity contribution is -0.385. The van der Waals surface area contributed by atoms with E-state index in [1.165, 1.54) is 18.2 Å². The van der Waals surface area contributed by atoms with Gasteiger partial charge in [-0.05, 0) is 23.8 Å². The highest BCUT2D eigenvalue weighted by Gasteiger charge is 2.08. The van der Waals surface area contributed by atoms with Crippen LogP contribution in [0.5, 0.6) is 5.75 Å². The van der Waals surface area contributed by atoms with Crippen LogP contribution in [-0.2, 0) is 0 Å². The Morgan fingerprint density at radius 2 is 1.92 bits per heavy atom. The maximum atomic E-state index is 13.8. The van der Waals surface area contributed by atoms with Crippen molar-refractivity contribution in [3.63, 3.8) is 0 Å². The minimum absolute atomic E-state index is 0.0142. The number of rotatable bonds is 7. The Morgan fingerprint density at radius 1 is 1.21 bits per heavy atom. The molecule has 0 heterocycles. The molecule has 0 bridgehead atoms. The van der Waals surface area contributed by atoms with Crippen LogP contribution < -0.4 is 4.74 Å². The van der Waals surface area contributed by atoms with E-state index in [0.29, 0.717) is 5.75 Å². The molecule has 0 spiro atoms. The molecule has 0 aliphatic heterocycles. The summed E-state index contributed by atoms with van der Waals surface area (Å²) in [5, 5.41) is 28.5. The van der Waals surface area contributed by atoms with Crippen molar-refractivity contribution in [2.45, 2.75) is 6.10 Å². The molecule has 2 N–H and O–H groups in total. The minimum Gasteiger partial charge on any atom is -0.491 e. The van der Waals surface area contributed by atoms with E-state index in [1.807, 2.05) is 0 Å². The molecule has 2 aromatic rings. The third-order valence-electron chi connectivity index (χ3n) is 3.18. The zero-order chi connectivity index (χ0) is 17.5. The smallest absolute Gasteiger partial charge is 0.272 e. The van der Waals surface area contributed by atoms with E-state index >= 15 is 0 Å². The molecule has 6 nitrogen and oxygen atoms in total. The average Bonchev–Trinajstić information content (AvgIpc) is 2.59. The van der Waals surface area contributed by atoms with Gasteiger partial charge in [0.1, 0.15) is 24.3 Å². The summed E-state index contributed by atoms with van der Waals surface area (Å²) in [5.74, 6) is -0.139. The molecule has 0 saturated heterocycles. The maximum Gasteiger partial charge on any atom is 0.272 e. The summed E-state index contributed by atoms with van der Waals surface area (Å²) >= 11 is 0. The first-order valence-electron chi connectivity index (χ1n) is 7.13. The highest BCUT2D eigenvalue weighted by molar-refractivity contribution is 5.70. The first kappa shape index (κ1) is 17.6. The number of benzene rings is 2. The topological polar surface area (TPSA) is 92.8 Å². The Hall–Kier alpha value is -2.77. The van der Waals surface area contributed by atoms with Crippen molar-refractivity contribution >= 4 is 17.8 Å². The van der Waals surface area contributed by atoms with Crippen molar-refractivity contribution in [1.29, 1.82) is 0 Å². The second-order valence-electron chi connectivity index (χ2n) is 5.01. The quantitative estimate of drug-likeness (QED) is 0.462. The SMILES string of the molecule is O=[N+]([O-])c1ccc(C=Cc2ccc(OCC(O)CO)cc2)c(F)c1. The molecule has 0 aromatic heterocycles. The van der Waals surface area contributed by atoms with Gasteiger partial charge in [-0.2, -0.15) is 0 Å². The summed E-state index contributed by atoms with van der Waals surface area (Å²) in [6, 6.07) is 10.3. The molecule has 126 valence electrons. The lowest BCUT2D eigenvalue weighted by Crippen LogP contribution is -2.21. The van der Waals surface area contributed by atoms with E-state index in [9.17, 15) is 19.6 Å². The Kier molecular flexibility index (Phi) is 6.00. The molecule has 0 aliphatic rings. The zero-order valence-corrected chi connectivity index (χ0v) is 12.6. The number of hydrogen-bond donors (Lipinski definition) is 2. The van der Waals surface area contributed by atoms with Crippen molar-refractivity contribution in [2.75, 3.05) is 13.2 Å². The van der Waals surface area contributed by atoms with Crippen LogP contribution in [-0.4, -0.2) is 34.5 Å². The summed E-state index contributed by atoms with van der Waals surface area (Å²) in [6.07, 6.45) is 2.25. The van der Waals surface area contributed by atoms with Gasteiger partial charge >= 0.3 is 0 Å². The standard InChI is InChI=1S/C17H16FNO5/c18-17-9-14(19(22)23)6-5-13(17)4-1-12-2-7-16(8-3-12)24-11-15(21)10-20/h1-9,15,20-21H,10-11H2. The van der Waals surface area contributed by atoms with Crippen LogP contribution in [0.1, 0.15) is 11.1 Å². The van der Waals surface area contributed by atoms with Gasteiger partial charge in [0.05, 0.1) is 17.6 Å². The van der Waals surface area contributed by atoms with Gasteiger partial charge in [-0.1, -0.05) is 24.3 Å². The molecule has 0 saturated carbocycles. The van der Waals surface area contributed by atoms with E-state index < -0.39 is 16.8 Å². The molecule has 0 fully saturated rings. The predicted octanol–water partition coefficient (Wildman–Crippen LogP) is 2.64. The molecular formula is C17H16FNO5. The monoisotopic (exact) mass is 333 g/mol. The second-order valence-corrected chi connectivity index (χ2v) is 5.01. The van der Waals surface area contributed by atoms with E-state index in [-0.39, 0.29) is 24.5 Å². The highest BCUT2D eigenvalue weighted by Crippen LogP contribution is 2.19. The van der Waals surface area contributed by atoms with Gasteiger partial charge in [0.2, 0.25) is 0 Å². The van der Waals surface area contributed by atoms with E-state index in [1.54, 1.807) is 30.3 Å². The van der Waals surface area contributed by atoms with Gasteiger partial charge in [0.15, 0.2) is 0 Å². The second kappa shape index (κ2) is 8.19. The van der Waals surface area contributed by atoms with Gasteiger partial charge in [0, 0.05) is 11.6 Å². The van der Waals surface area contributed by atoms with Gasteiger partial charge in [-0.25, -0.2) is 4.39 Å². The van der Waals surface area contributed by atoms with Crippen LogP contribution in [0.2, 0.25) is 0 Å². The number of aliphatic hydroxyl groups excluding tert-OH is 2. The van der Waals surface area contributed by atoms with Crippen molar-refractivity contribution in [2.24, 2.45) is 0 Å². The fourth-order valence-electron chi connectivity index (χ4n) is 1.87. The largest absolute Gasteiger partial charge is 0.491 e. The van der Waals surface area contributed by atoms with Crippen LogP contribution in [0.25, 0.3) is 12.2 Å². The number of nitro groups is 1. The van der Waals surface area contributed by atoms with Gasteiger partial charge < -0.3 is 14.9 Å². The lowest BCUT2D eigenvalue weighted by Gasteiger charge is -2.09. The molecule has 0 amide bonds. The normalized spacial score (nSPS) is 12.3. The van der Waals surface area contributed by atoms with E-state index in [4.69, 9.17) is 9.84 Å². The first-order chi connectivity index (χ1) is 11.5. The van der Waals surface area contributed by atoms with Crippen LogP contribution in [0.15, 0.2) is 42.5 Å². The molecular weight excluding hydrogens is 317 g/mol. The summed E-state index contributed by atoms with van der Waals surface area (Å²) in [4.78, 5) is 9.92. The Bertz CT molecular complexity index is 730. The molecule has 0 aliphatic carbocycles. The molecule has 1 unspecified atom stereocenters. The number of ether oxygens (including phenoxy) is 1. The Balaban J connectivity index is 2.03. The number of nitrogens with zero attached hydrogens (tertiary/aromatic N) is 1. The number of nitro benzene ring substituents is 1. The fraction of sp³-hybridized carbons (Fsp3) is 0.176. The lowest BCUT2D eigenvalue weighted by atomic mass is 10.1. The maximum absolute atomic E-state index is 13.8. The molecule has 0 radical (unpaired) electrons. The molecule has 1 atom stereocenters. The highest BCUT2D eigenvalue weighted by atomic mass is 19.1. The number of non-ortho nitro benzene ring substituents is 1.